The van der Waals surface area contributed by atoms with Crippen molar-refractivity contribution in [1.29, 1.82) is 0 Å². The summed E-state index contributed by atoms with van der Waals surface area (Å²) in [5.41, 5.74) is -2.87. The first-order valence-corrected chi connectivity index (χ1v) is 17.0. The highest BCUT2D eigenvalue weighted by molar-refractivity contribution is 7.44. The summed E-state index contributed by atoms with van der Waals surface area (Å²) in [7, 11) is 0.387. The van der Waals surface area contributed by atoms with Gasteiger partial charge in [-0.2, -0.15) is 0 Å². The third-order valence-electron chi connectivity index (χ3n) is 10.1. The van der Waals surface area contributed by atoms with E-state index in [1.165, 1.54) is 4.90 Å². The predicted octanol–water partition coefficient (Wildman–Crippen LogP) is 2.89. The van der Waals surface area contributed by atoms with Gasteiger partial charge in [0.1, 0.15) is 0 Å². The molecule has 0 aliphatic carbocycles. The monoisotopic (exact) mass is 663 g/mol. The molecule has 4 saturated heterocycles. The number of fused-ring (bicyclic) bond motifs is 10. The third-order valence-corrected chi connectivity index (χ3v) is 12.1. The molecule has 6 heterocycles. The zero-order valence-electron chi connectivity index (χ0n) is 28.0. The van der Waals surface area contributed by atoms with Crippen molar-refractivity contribution in [2.75, 3.05) is 26.8 Å². The maximum Gasteiger partial charge on any atom is 0.305 e. The molecule has 254 valence electrons. The molecule has 6 aliphatic rings. The maximum absolute atomic E-state index is 12.9. The van der Waals surface area contributed by atoms with Crippen molar-refractivity contribution in [3.05, 3.63) is 24.3 Å². The molecule has 0 aromatic carbocycles. The molecule has 46 heavy (non-hydrogen) atoms. The molecule has 0 spiro atoms. The normalized spacial score (nSPS) is 39.0. The highest BCUT2D eigenvalue weighted by atomic mass is 31.2. The lowest BCUT2D eigenvalue weighted by molar-refractivity contribution is -0.149. The van der Waals surface area contributed by atoms with Gasteiger partial charge in [-0.3, -0.25) is 33.8 Å². The third kappa shape index (κ3) is 5.37. The second-order valence-electron chi connectivity index (χ2n) is 14.1. The van der Waals surface area contributed by atoms with Crippen LogP contribution in [-0.4, -0.2) is 110 Å². The van der Waals surface area contributed by atoms with Crippen LogP contribution in [-0.2, 0) is 42.5 Å². The molecule has 0 aromatic rings. The summed E-state index contributed by atoms with van der Waals surface area (Å²) in [6.07, 6.45) is 7.29. The molecule has 0 saturated carbocycles. The van der Waals surface area contributed by atoms with E-state index in [9.17, 15) is 24.0 Å². The number of carboxylic acids is 1. The van der Waals surface area contributed by atoms with Gasteiger partial charge >= 0.3 is 5.97 Å². The minimum Gasteiger partial charge on any atom is -0.481 e. The molecular weight excluding hydrogens is 617 g/mol. The average Bonchev–Trinajstić information content (AvgIpc) is 3.71. The summed E-state index contributed by atoms with van der Waals surface area (Å²) in [5.74, 6) is -3.89. The Morgan fingerprint density at radius 3 is 1.43 bits per heavy atom. The Morgan fingerprint density at radius 1 is 0.783 bits per heavy atom. The lowest BCUT2D eigenvalue weighted by Gasteiger charge is -2.35. The first kappa shape index (κ1) is 34.8. The van der Waals surface area contributed by atoms with E-state index >= 15 is 0 Å². The number of aliphatic carboxylic acids is 1. The van der Waals surface area contributed by atoms with Gasteiger partial charge in [0.05, 0.1) is 65.6 Å². The fourth-order valence-corrected chi connectivity index (χ4v) is 9.64. The quantitative estimate of drug-likeness (QED) is 0.197. The van der Waals surface area contributed by atoms with Gasteiger partial charge < -0.3 is 23.6 Å². The first-order valence-electron chi connectivity index (χ1n) is 15.8. The topological polar surface area (TPSA) is 152 Å². The number of amides is 4. The maximum atomic E-state index is 12.9. The molecular formula is C32H46N3O10P. The van der Waals surface area contributed by atoms with Crippen molar-refractivity contribution in [2.45, 2.75) is 96.3 Å². The fraction of sp³-hybridized carbons (Fsp3) is 0.719. The second kappa shape index (κ2) is 11.9. The number of carbonyl (C=O) groups excluding carboxylic acids is 4. The van der Waals surface area contributed by atoms with Crippen molar-refractivity contribution in [3.63, 3.8) is 0 Å². The van der Waals surface area contributed by atoms with Crippen molar-refractivity contribution in [3.8, 4) is 0 Å². The first-order chi connectivity index (χ1) is 21.3. The molecule has 9 atom stereocenters. The Hall–Kier alpha value is -2.54. The number of hydrogen-bond acceptors (Lipinski definition) is 10. The molecule has 13 nitrogen and oxygen atoms in total. The van der Waals surface area contributed by atoms with E-state index in [4.69, 9.17) is 23.6 Å². The van der Waals surface area contributed by atoms with Crippen LogP contribution in [0.15, 0.2) is 24.3 Å². The molecule has 0 aromatic heterocycles. The van der Waals surface area contributed by atoms with Crippen molar-refractivity contribution >= 4 is 38.1 Å². The van der Waals surface area contributed by atoms with E-state index in [0.29, 0.717) is 0 Å². The molecule has 6 aliphatic heterocycles. The minimum atomic E-state index is -1.24. The summed E-state index contributed by atoms with van der Waals surface area (Å²) >= 11 is 0. The highest BCUT2D eigenvalue weighted by Crippen LogP contribution is 2.58. The lowest BCUT2D eigenvalue weighted by atomic mass is 9.73. The Balaban J connectivity index is 0.000000192. The van der Waals surface area contributed by atoms with E-state index in [2.05, 4.69) is 32.4 Å². The highest BCUT2D eigenvalue weighted by Gasteiger charge is 2.71. The van der Waals surface area contributed by atoms with Gasteiger partial charge in [-0.15, -0.1) is 0 Å². The standard InChI is InChI=1S/C19H31N2O5P.C13H15NO5/c1-12(2)21(13(3)4)27(24-7)25-11-10-20-16(22)14-15(17(20)23)19(6)9-8-18(14,5)26-19;1-12-4-5-13(2,19-12)9-8(12)10(17)14(11(9)18)6-3-7(15)16/h8-9,12-15H,10-11H2,1-7H3;4-5,8-9H,3,6H2,1-2H3,(H,15,16)/t14-,15+,18-,19+,27?;8-,9+,12-,13+. The van der Waals surface area contributed by atoms with Crippen LogP contribution < -0.4 is 0 Å². The number of carboxylic acid groups (broad SMARTS) is 1. The van der Waals surface area contributed by atoms with Gasteiger partial charge in [-0.1, -0.05) is 24.3 Å². The van der Waals surface area contributed by atoms with E-state index in [0.717, 1.165) is 4.90 Å². The SMILES string of the molecule is COP(OCCN1C(=O)[C@@H]2[C@H](C1=O)[C@@]1(C)C=C[C@]2(C)O1)N(C(C)C)C(C)C.C[C@]12C=C[C@](C)(O1)[C@@H]1C(=O)N(CCC(=O)O)C(=O)[C@@H]12. The van der Waals surface area contributed by atoms with Crippen LogP contribution in [0.4, 0.5) is 0 Å². The summed E-state index contributed by atoms with van der Waals surface area (Å²) in [6.45, 7) is 16.2. The number of rotatable bonds is 11. The number of carbonyl (C=O) groups is 5. The Kier molecular flexibility index (Phi) is 8.97. The second-order valence-corrected chi connectivity index (χ2v) is 15.7. The molecule has 14 heteroatoms. The molecule has 0 radical (unpaired) electrons. The van der Waals surface area contributed by atoms with E-state index in [1.54, 1.807) is 21.0 Å². The van der Waals surface area contributed by atoms with E-state index < -0.39 is 60.6 Å². The van der Waals surface area contributed by atoms with Gasteiger partial charge in [-0.25, -0.2) is 4.67 Å². The minimum absolute atomic E-state index is 0.0633. The zero-order valence-corrected chi connectivity index (χ0v) is 28.9. The number of ether oxygens (including phenoxy) is 2. The Morgan fingerprint density at radius 2 is 1.13 bits per heavy atom. The van der Waals surface area contributed by atoms with Crippen LogP contribution in [0.1, 0.15) is 61.8 Å². The van der Waals surface area contributed by atoms with Crippen molar-refractivity contribution in [1.82, 2.24) is 14.5 Å². The predicted molar refractivity (Wildman–Crippen MR) is 166 cm³/mol. The molecule has 1 unspecified atom stereocenters. The molecule has 4 bridgehead atoms. The fourth-order valence-electron chi connectivity index (χ4n) is 8.22. The van der Waals surface area contributed by atoms with Gasteiger partial charge in [0, 0.05) is 25.7 Å². The summed E-state index contributed by atoms with van der Waals surface area (Å²) in [5, 5.41) is 8.68. The molecule has 6 rings (SSSR count). The van der Waals surface area contributed by atoms with Crippen LogP contribution >= 0.6 is 8.53 Å². The largest absolute Gasteiger partial charge is 0.481 e. The van der Waals surface area contributed by atoms with Crippen LogP contribution in [0.3, 0.4) is 0 Å². The van der Waals surface area contributed by atoms with Gasteiger partial charge in [0.15, 0.2) is 0 Å². The Labute approximate surface area is 271 Å². The number of likely N-dealkylation sites (tertiary alicyclic amines) is 2. The zero-order chi connectivity index (χ0) is 34.1. The van der Waals surface area contributed by atoms with Gasteiger partial charge in [0.25, 0.3) is 8.53 Å². The number of hydrogen-bond donors (Lipinski definition) is 1. The van der Waals surface area contributed by atoms with E-state index in [-0.39, 0.29) is 61.8 Å². The van der Waals surface area contributed by atoms with Crippen molar-refractivity contribution in [2.24, 2.45) is 23.7 Å². The number of nitrogens with zero attached hydrogens (tertiary/aromatic N) is 3. The van der Waals surface area contributed by atoms with Crippen LogP contribution in [0.2, 0.25) is 0 Å². The molecule has 1 N–H and O–H groups in total. The van der Waals surface area contributed by atoms with Crippen LogP contribution in [0, 0.1) is 23.7 Å². The summed E-state index contributed by atoms with van der Waals surface area (Å²) < 4.78 is 25.5. The van der Waals surface area contributed by atoms with Crippen LogP contribution in [0.5, 0.6) is 0 Å². The molecule has 4 amide bonds. The smallest absolute Gasteiger partial charge is 0.305 e. The summed E-state index contributed by atoms with van der Waals surface area (Å²) in [4.78, 5) is 63.6. The summed E-state index contributed by atoms with van der Waals surface area (Å²) in [6, 6.07) is 0.536. The molecule has 4 fully saturated rings. The van der Waals surface area contributed by atoms with E-state index in [1.807, 2.05) is 38.2 Å². The average molecular weight is 664 g/mol. The van der Waals surface area contributed by atoms with Crippen molar-refractivity contribution < 1.29 is 47.6 Å². The van der Waals surface area contributed by atoms with Gasteiger partial charge in [-0.05, 0) is 55.4 Å². The van der Waals surface area contributed by atoms with Crippen LogP contribution in [0.25, 0.3) is 0 Å². The van der Waals surface area contributed by atoms with Gasteiger partial charge in [0.2, 0.25) is 23.6 Å². The number of imide groups is 2. The Bertz CT molecular complexity index is 1310. The lowest BCUT2D eigenvalue weighted by Crippen LogP contribution is -2.41.